The molecule has 2 rings (SSSR count). The van der Waals surface area contributed by atoms with E-state index in [2.05, 4.69) is 26.2 Å². The van der Waals surface area contributed by atoms with Gasteiger partial charge in [-0.05, 0) is 47.8 Å². The number of aromatic nitrogens is 2. The summed E-state index contributed by atoms with van der Waals surface area (Å²) in [5.74, 6) is 0.834. The van der Waals surface area contributed by atoms with Gasteiger partial charge in [0.05, 0.1) is 5.25 Å². The fourth-order valence-corrected chi connectivity index (χ4v) is 4.05. The van der Waals surface area contributed by atoms with Gasteiger partial charge in [-0.15, -0.1) is 0 Å². The van der Waals surface area contributed by atoms with Crippen LogP contribution < -0.4 is 5.73 Å². The van der Waals surface area contributed by atoms with E-state index >= 15 is 0 Å². The molecule has 0 aliphatic carbocycles. The van der Waals surface area contributed by atoms with Crippen LogP contribution in [0.15, 0.2) is 21.2 Å². The van der Waals surface area contributed by atoms with Crippen LogP contribution in [-0.2, 0) is 0 Å². The minimum atomic E-state index is 0.101. The van der Waals surface area contributed by atoms with E-state index in [0.29, 0.717) is 0 Å². The fourth-order valence-electron chi connectivity index (χ4n) is 1.35. The van der Waals surface area contributed by atoms with Crippen molar-refractivity contribution in [3.05, 3.63) is 28.2 Å². The second kappa shape index (κ2) is 5.27. The van der Waals surface area contributed by atoms with Gasteiger partial charge in [-0.2, -0.15) is 15.7 Å². The minimum Gasteiger partial charge on any atom is -0.327 e. The Kier molecular flexibility index (Phi) is 3.96. The highest BCUT2D eigenvalue weighted by Gasteiger charge is 2.19. The third kappa shape index (κ3) is 2.82. The number of aryl methyl sites for hydroxylation is 1. The summed E-state index contributed by atoms with van der Waals surface area (Å²) in [6.45, 7) is 3.94. The maximum atomic E-state index is 6.02. The predicted molar refractivity (Wildman–Crippen MR) is 71.2 cm³/mol. The molecule has 16 heavy (non-hydrogen) atoms. The van der Waals surface area contributed by atoms with E-state index in [4.69, 9.17) is 5.73 Å². The predicted octanol–water partition coefficient (Wildman–Crippen LogP) is 3.09. The van der Waals surface area contributed by atoms with Crippen LogP contribution in [0.2, 0.25) is 0 Å². The summed E-state index contributed by atoms with van der Waals surface area (Å²) in [7, 11) is 0. The van der Waals surface area contributed by atoms with Gasteiger partial charge >= 0.3 is 0 Å². The molecule has 0 aliphatic rings. The number of thioether (sulfide) groups is 1. The van der Waals surface area contributed by atoms with Crippen LogP contribution in [0, 0.1) is 6.92 Å². The molecule has 0 fully saturated rings. The van der Waals surface area contributed by atoms with E-state index < -0.39 is 0 Å². The molecule has 2 aromatic rings. The maximum absolute atomic E-state index is 6.02. The molecule has 3 nitrogen and oxygen atoms in total. The molecule has 0 aromatic carbocycles. The Labute approximate surface area is 107 Å². The Morgan fingerprint density at radius 1 is 1.50 bits per heavy atom. The van der Waals surface area contributed by atoms with Crippen molar-refractivity contribution < 1.29 is 0 Å². The van der Waals surface area contributed by atoms with Crippen molar-refractivity contribution in [2.24, 2.45) is 5.73 Å². The SMILES string of the molecule is Cc1nsc(SC(c2ccsc2)C(C)N)n1. The largest absolute Gasteiger partial charge is 0.327 e. The van der Waals surface area contributed by atoms with Crippen LogP contribution in [0.1, 0.15) is 23.6 Å². The number of hydrogen-bond donors (Lipinski definition) is 1. The van der Waals surface area contributed by atoms with E-state index in [1.54, 1.807) is 23.1 Å². The molecule has 0 saturated heterocycles. The van der Waals surface area contributed by atoms with Crippen molar-refractivity contribution in [3.63, 3.8) is 0 Å². The first-order valence-corrected chi connectivity index (χ1v) is 7.51. The third-order valence-corrected chi connectivity index (χ3v) is 5.15. The first-order valence-electron chi connectivity index (χ1n) is 4.91. The van der Waals surface area contributed by atoms with Gasteiger partial charge in [0, 0.05) is 6.04 Å². The van der Waals surface area contributed by atoms with E-state index in [-0.39, 0.29) is 11.3 Å². The molecule has 0 amide bonds. The van der Waals surface area contributed by atoms with Crippen LogP contribution in [0.4, 0.5) is 0 Å². The Hall–Kier alpha value is -0.430. The lowest BCUT2D eigenvalue weighted by atomic mass is 10.1. The van der Waals surface area contributed by atoms with Gasteiger partial charge in [-0.3, -0.25) is 0 Å². The summed E-state index contributed by atoms with van der Waals surface area (Å²) in [6, 6.07) is 2.23. The molecule has 2 aromatic heterocycles. The van der Waals surface area contributed by atoms with Crippen molar-refractivity contribution in [2.45, 2.75) is 29.5 Å². The average Bonchev–Trinajstić information content (AvgIpc) is 2.84. The zero-order chi connectivity index (χ0) is 11.5. The number of hydrogen-bond acceptors (Lipinski definition) is 6. The summed E-state index contributed by atoms with van der Waals surface area (Å²) in [5, 5.41) is 4.49. The molecule has 0 spiro atoms. The van der Waals surface area contributed by atoms with Gasteiger partial charge in [-0.25, -0.2) is 4.98 Å². The summed E-state index contributed by atoms with van der Waals surface area (Å²) in [4.78, 5) is 4.36. The Morgan fingerprint density at radius 3 is 2.81 bits per heavy atom. The minimum absolute atomic E-state index is 0.101. The van der Waals surface area contributed by atoms with Gasteiger partial charge in [-0.1, -0.05) is 11.8 Å². The fraction of sp³-hybridized carbons (Fsp3) is 0.400. The molecule has 0 saturated carbocycles. The monoisotopic (exact) mass is 271 g/mol. The smallest absolute Gasteiger partial charge is 0.170 e. The van der Waals surface area contributed by atoms with Crippen molar-refractivity contribution in [3.8, 4) is 0 Å². The highest BCUT2D eigenvalue weighted by molar-refractivity contribution is 8.01. The van der Waals surface area contributed by atoms with Crippen molar-refractivity contribution in [1.82, 2.24) is 9.36 Å². The lowest BCUT2D eigenvalue weighted by Gasteiger charge is -2.17. The Morgan fingerprint density at radius 2 is 2.31 bits per heavy atom. The van der Waals surface area contributed by atoms with Gasteiger partial charge in [0.15, 0.2) is 4.34 Å². The number of nitrogens with two attached hydrogens (primary N) is 1. The van der Waals surface area contributed by atoms with E-state index in [1.165, 1.54) is 17.1 Å². The van der Waals surface area contributed by atoms with Gasteiger partial charge in [0.25, 0.3) is 0 Å². The molecule has 2 N–H and O–H groups in total. The lowest BCUT2D eigenvalue weighted by molar-refractivity contribution is 0.723. The van der Waals surface area contributed by atoms with E-state index in [0.717, 1.165) is 10.2 Å². The quantitative estimate of drug-likeness (QED) is 0.868. The molecular weight excluding hydrogens is 258 g/mol. The Balaban J connectivity index is 2.15. The Bertz CT molecular complexity index is 436. The molecule has 0 bridgehead atoms. The molecule has 6 heteroatoms. The summed E-state index contributed by atoms with van der Waals surface area (Å²) < 4.78 is 5.17. The number of nitrogens with zero attached hydrogens (tertiary/aromatic N) is 2. The van der Waals surface area contributed by atoms with E-state index in [9.17, 15) is 0 Å². The first kappa shape index (κ1) is 12.0. The molecule has 2 atom stereocenters. The topological polar surface area (TPSA) is 51.8 Å². The normalized spacial score (nSPS) is 14.9. The molecule has 0 radical (unpaired) electrons. The zero-order valence-corrected chi connectivity index (χ0v) is 11.5. The standard InChI is InChI=1S/C10H13N3S3/c1-6(11)9(8-3-4-14-5-8)15-10-12-7(2)13-16-10/h3-6,9H,11H2,1-2H3. The second-order valence-electron chi connectivity index (χ2n) is 3.56. The van der Waals surface area contributed by atoms with Gasteiger partial charge in [0.1, 0.15) is 5.82 Å². The summed E-state index contributed by atoms with van der Waals surface area (Å²) in [6.07, 6.45) is 0. The number of rotatable bonds is 4. The average molecular weight is 271 g/mol. The number of thiophene rings is 1. The third-order valence-electron chi connectivity index (χ3n) is 2.09. The van der Waals surface area contributed by atoms with Crippen LogP contribution in [0.25, 0.3) is 0 Å². The zero-order valence-electron chi connectivity index (χ0n) is 9.08. The van der Waals surface area contributed by atoms with Crippen molar-refractivity contribution >= 4 is 34.6 Å². The summed E-state index contributed by atoms with van der Waals surface area (Å²) >= 11 is 4.84. The second-order valence-corrected chi connectivity index (χ2v) is 6.48. The van der Waals surface area contributed by atoms with Crippen molar-refractivity contribution in [2.75, 3.05) is 0 Å². The highest BCUT2D eigenvalue weighted by Crippen LogP contribution is 2.38. The molecule has 86 valence electrons. The van der Waals surface area contributed by atoms with Gasteiger partial charge in [0.2, 0.25) is 0 Å². The van der Waals surface area contributed by atoms with Crippen molar-refractivity contribution in [1.29, 1.82) is 0 Å². The summed E-state index contributed by atoms with van der Waals surface area (Å²) in [5.41, 5.74) is 7.30. The van der Waals surface area contributed by atoms with E-state index in [1.807, 2.05) is 13.8 Å². The van der Waals surface area contributed by atoms with Crippen LogP contribution in [-0.4, -0.2) is 15.4 Å². The molecule has 2 unspecified atom stereocenters. The van der Waals surface area contributed by atoms with Gasteiger partial charge < -0.3 is 5.73 Å². The lowest BCUT2D eigenvalue weighted by Crippen LogP contribution is -2.22. The first-order chi connectivity index (χ1) is 7.66. The van der Waals surface area contributed by atoms with Crippen LogP contribution in [0.5, 0.6) is 0 Å². The molecular formula is C10H13N3S3. The molecule has 2 heterocycles. The maximum Gasteiger partial charge on any atom is 0.170 e. The molecule has 0 aliphatic heterocycles. The highest BCUT2D eigenvalue weighted by atomic mass is 32.2. The van der Waals surface area contributed by atoms with Crippen LogP contribution in [0.3, 0.4) is 0 Å². The van der Waals surface area contributed by atoms with Crippen LogP contribution >= 0.6 is 34.6 Å².